The van der Waals surface area contributed by atoms with Crippen LogP contribution in [0.25, 0.3) is 0 Å². The van der Waals surface area contributed by atoms with Crippen molar-refractivity contribution in [2.24, 2.45) is 5.73 Å². The average molecular weight is 208 g/mol. The smallest absolute Gasteiger partial charge is 0.122 e. The van der Waals surface area contributed by atoms with Gasteiger partial charge in [0.1, 0.15) is 5.82 Å². The van der Waals surface area contributed by atoms with Crippen LogP contribution in [-0.2, 0) is 13.1 Å². The molecule has 1 aromatic heterocycles. The van der Waals surface area contributed by atoms with Crippen LogP contribution in [0.4, 0.5) is 0 Å². The number of nitrogens with zero attached hydrogens (tertiary/aromatic N) is 3. The Bertz CT molecular complexity index is 307. The number of hydrogen-bond acceptors (Lipinski definition) is 3. The maximum Gasteiger partial charge on any atom is 0.122 e. The van der Waals surface area contributed by atoms with Crippen molar-refractivity contribution < 1.29 is 0 Å². The van der Waals surface area contributed by atoms with Gasteiger partial charge in [-0.2, -0.15) is 0 Å². The molecule has 1 aliphatic heterocycles. The van der Waals surface area contributed by atoms with Crippen LogP contribution >= 0.6 is 0 Å². The number of imidazole rings is 1. The number of hydrogen-bond donors (Lipinski definition) is 1. The van der Waals surface area contributed by atoms with Gasteiger partial charge in [-0.05, 0) is 12.8 Å². The lowest BCUT2D eigenvalue weighted by Crippen LogP contribution is -2.27. The van der Waals surface area contributed by atoms with Crippen molar-refractivity contribution in [2.45, 2.75) is 38.9 Å². The molecule has 2 rings (SSSR count). The summed E-state index contributed by atoms with van der Waals surface area (Å²) in [5.41, 5.74) is 5.88. The molecule has 2 N–H and O–H groups in total. The van der Waals surface area contributed by atoms with Gasteiger partial charge >= 0.3 is 0 Å². The monoisotopic (exact) mass is 208 g/mol. The Morgan fingerprint density at radius 2 is 2.47 bits per heavy atom. The standard InChI is InChI=1S/C11H20N4/c1-2-5-15-7-4-13-11(15)9-14-6-3-10(12)8-14/h4,7,10H,2-3,5-6,8-9,12H2,1H3. The summed E-state index contributed by atoms with van der Waals surface area (Å²) >= 11 is 0. The van der Waals surface area contributed by atoms with E-state index in [0.717, 1.165) is 39.0 Å². The highest BCUT2D eigenvalue weighted by molar-refractivity contribution is 4.94. The van der Waals surface area contributed by atoms with Gasteiger partial charge in [0.15, 0.2) is 0 Å². The minimum absolute atomic E-state index is 0.361. The number of rotatable bonds is 4. The van der Waals surface area contributed by atoms with Crippen LogP contribution in [0.2, 0.25) is 0 Å². The third-order valence-electron chi connectivity index (χ3n) is 2.94. The van der Waals surface area contributed by atoms with E-state index in [-0.39, 0.29) is 0 Å². The van der Waals surface area contributed by atoms with E-state index in [1.807, 2.05) is 6.20 Å². The molecule has 1 unspecified atom stereocenters. The van der Waals surface area contributed by atoms with E-state index < -0.39 is 0 Å². The van der Waals surface area contributed by atoms with Gasteiger partial charge in [0.05, 0.1) is 6.54 Å². The van der Waals surface area contributed by atoms with Crippen molar-refractivity contribution in [3.05, 3.63) is 18.2 Å². The molecule has 15 heavy (non-hydrogen) atoms. The molecule has 0 amide bonds. The first-order valence-electron chi connectivity index (χ1n) is 5.77. The van der Waals surface area contributed by atoms with Gasteiger partial charge in [-0.3, -0.25) is 4.90 Å². The molecule has 0 aromatic carbocycles. The zero-order chi connectivity index (χ0) is 10.7. The number of aromatic nitrogens is 2. The molecule has 1 fully saturated rings. The molecule has 2 heterocycles. The fourth-order valence-corrected chi connectivity index (χ4v) is 2.14. The molecule has 1 aromatic rings. The van der Waals surface area contributed by atoms with Crippen molar-refractivity contribution >= 4 is 0 Å². The highest BCUT2D eigenvalue weighted by Crippen LogP contribution is 2.11. The Morgan fingerprint density at radius 3 is 3.13 bits per heavy atom. The van der Waals surface area contributed by atoms with Crippen LogP contribution in [0.15, 0.2) is 12.4 Å². The molecule has 1 atom stereocenters. The first-order valence-corrected chi connectivity index (χ1v) is 5.77. The lowest BCUT2D eigenvalue weighted by atomic mass is 10.3. The summed E-state index contributed by atoms with van der Waals surface area (Å²) in [4.78, 5) is 6.79. The lowest BCUT2D eigenvalue weighted by molar-refractivity contribution is 0.312. The molecular weight excluding hydrogens is 188 g/mol. The largest absolute Gasteiger partial charge is 0.334 e. The summed E-state index contributed by atoms with van der Waals surface area (Å²) < 4.78 is 2.24. The predicted molar refractivity (Wildman–Crippen MR) is 60.4 cm³/mol. The van der Waals surface area contributed by atoms with Crippen molar-refractivity contribution in [2.75, 3.05) is 13.1 Å². The molecule has 4 heteroatoms. The van der Waals surface area contributed by atoms with Crippen LogP contribution < -0.4 is 5.73 Å². The maximum absolute atomic E-state index is 5.88. The molecule has 1 aliphatic rings. The maximum atomic E-state index is 5.88. The highest BCUT2D eigenvalue weighted by Gasteiger charge is 2.20. The van der Waals surface area contributed by atoms with Gasteiger partial charge in [0.25, 0.3) is 0 Å². The number of nitrogens with two attached hydrogens (primary N) is 1. The van der Waals surface area contributed by atoms with Crippen molar-refractivity contribution in [1.82, 2.24) is 14.5 Å². The Morgan fingerprint density at radius 1 is 1.60 bits per heavy atom. The van der Waals surface area contributed by atoms with Crippen molar-refractivity contribution in [3.63, 3.8) is 0 Å². The molecule has 84 valence electrons. The van der Waals surface area contributed by atoms with Gasteiger partial charge in [0, 0.05) is 38.1 Å². The van der Waals surface area contributed by atoms with Crippen LogP contribution in [0.1, 0.15) is 25.6 Å². The summed E-state index contributed by atoms with van der Waals surface area (Å²) in [5, 5.41) is 0. The minimum Gasteiger partial charge on any atom is -0.334 e. The lowest BCUT2D eigenvalue weighted by Gasteiger charge is -2.15. The molecule has 0 spiro atoms. The van der Waals surface area contributed by atoms with Crippen LogP contribution in [0.3, 0.4) is 0 Å². The zero-order valence-corrected chi connectivity index (χ0v) is 9.39. The van der Waals surface area contributed by atoms with E-state index in [2.05, 4.69) is 27.6 Å². The SMILES string of the molecule is CCCn1ccnc1CN1CCC(N)C1. The first-order chi connectivity index (χ1) is 7.29. The minimum atomic E-state index is 0.361. The molecule has 0 radical (unpaired) electrons. The van der Waals surface area contributed by atoms with E-state index in [0.29, 0.717) is 6.04 Å². The zero-order valence-electron chi connectivity index (χ0n) is 9.39. The molecule has 1 saturated heterocycles. The number of aryl methyl sites for hydroxylation is 1. The first kappa shape index (κ1) is 10.6. The normalized spacial score (nSPS) is 22.4. The van der Waals surface area contributed by atoms with Gasteiger partial charge in [-0.1, -0.05) is 6.92 Å². The Balaban J connectivity index is 1.95. The summed E-state index contributed by atoms with van der Waals surface area (Å²) in [5.74, 6) is 1.17. The third-order valence-corrected chi connectivity index (χ3v) is 2.94. The summed E-state index contributed by atoms with van der Waals surface area (Å²) in [7, 11) is 0. The van der Waals surface area contributed by atoms with Gasteiger partial charge < -0.3 is 10.3 Å². The molecule has 4 nitrogen and oxygen atoms in total. The van der Waals surface area contributed by atoms with Crippen LogP contribution in [0.5, 0.6) is 0 Å². The van der Waals surface area contributed by atoms with E-state index in [9.17, 15) is 0 Å². The third kappa shape index (κ3) is 2.58. The van der Waals surface area contributed by atoms with Crippen molar-refractivity contribution in [3.8, 4) is 0 Å². The Labute approximate surface area is 91.1 Å². The van der Waals surface area contributed by atoms with Gasteiger partial charge in [-0.25, -0.2) is 4.98 Å². The fraction of sp³-hybridized carbons (Fsp3) is 0.727. The summed E-state index contributed by atoms with van der Waals surface area (Å²) in [6, 6.07) is 0.361. The highest BCUT2D eigenvalue weighted by atomic mass is 15.2. The molecule has 0 aliphatic carbocycles. The second kappa shape index (κ2) is 4.77. The van der Waals surface area contributed by atoms with E-state index in [1.54, 1.807) is 0 Å². The fourth-order valence-electron chi connectivity index (χ4n) is 2.14. The Hall–Kier alpha value is -0.870. The molecular formula is C11H20N4. The summed E-state index contributed by atoms with van der Waals surface area (Å²) in [6.07, 6.45) is 6.23. The second-order valence-electron chi connectivity index (χ2n) is 4.32. The van der Waals surface area contributed by atoms with Crippen LogP contribution in [0, 0.1) is 0 Å². The topological polar surface area (TPSA) is 47.1 Å². The van der Waals surface area contributed by atoms with Gasteiger partial charge in [0.2, 0.25) is 0 Å². The van der Waals surface area contributed by atoms with E-state index >= 15 is 0 Å². The van der Waals surface area contributed by atoms with Crippen LogP contribution in [-0.4, -0.2) is 33.6 Å². The van der Waals surface area contributed by atoms with E-state index in [1.165, 1.54) is 5.82 Å². The molecule has 0 bridgehead atoms. The Kier molecular flexibility index (Phi) is 3.38. The molecule has 0 saturated carbocycles. The van der Waals surface area contributed by atoms with Gasteiger partial charge in [-0.15, -0.1) is 0 Å². The second-order valence-corrected chi connectivity index (χ2v) is 4.32. The average Bonchev–Trinajstić information content (AvgIpc) is 2.78. The van der Waals surface area contributed by atoms with Crippen molar-refractivity contribution in [1.29, 1.82) is 0 Å². The quantitative estimate of drug-likeness (QED) is 0.797. The number of likely N-dealkylation sites (tertiary alicyclic amines) is 1. The predicted octanol–water partition coefficient (Wildman–Crippen LogP) is 0.826. The van der Waals surface area contributed by atoms with E-state index in [4.69, 9.17) is 5.73 Å². The summed E-state index contributed by atoms with van der Waals surface area (Å²) in [6.45, 7) is 6.32.